The molecular weight excluding hydrogens is 468 g/mol. The summed E-state index contributed by atoms with van der Waals surface area (Å²) in [4.78, 5) is 39.2. The molecule has 4 rings (SSSR count). The van der Waals surface area contributed by atoms with E-state index in [4.69, 9.17) is 0 Å². The van der Waals surface area contributed by atoms with Crippen molar-refractivity contribution >= 4 is 27.5 Å². The van der Waals surface area contributed by atoms with E-state index in [9.17, 15) is 22.8 Å². The van der Waals surface area contributed by atoms with Crippen molar-refractivity contribution in [3.05, 3.63) is 75.2 Å². The highest BCUT2D eigenvalue weighted by atomic mass is 32.2. The van der Waals surface area contributed by atoms with Crippen LogP contribution in [-0.2, 0) is 26.7 Å². The van der Waals surface area contributed by atoms with Crippen molar-refractivity contribution in [3.63, 3.8) is 0 Å². The van der Waals surface area contributed by atoms with Gasteiger partial charge in [0.05, 0.1) is 16.3 Å². The molecule has 9 nitrogen and oxygen atoms in total. The fourth-order valence-electron chi connectivity index (χ4n) is 4.79. The van der Waals surface area contributed by atoms with Crippen LogP contribution >= 0.6 is 0 Å². The van der Waals surface area contributed by atoms with Crippen molar-refractivity contribution in [2.45, 2.75) is 51.5 Å². The monoisotopic (exact) mass is 496 g/mol. The number of benzene rings is 2. The summed E-state index contributed by atoms with van der Waals surface area (Å²) in [6.45, 7) is 6.88. The zero-order chi connectivity index (χ0) is 25.7. The first kappa shape index (κ1) is 24.5. The summed E-state index contributed by atoms with van der Waals surface area (Å²) in [5.41, 5.74) is 2.62. The highest BCUT2D eigenvalue weighted by Gasteiger charge is 2.45. The molecule has 0 saturated carbocycles. The van der Waals surface area contributed by atoms with Gasteiger partial charge < -0.3 is 5.32 Å². The van der Waals surface area contributed by atoms with Crippen LogP contribution in [0.3, 0.4) is 0 Å². The Hall–Kier alpha value is -3.66. The third-order valence-corrected chi connectivity index (χ3v) is 8.52. The Morgan fingerprint density at radius 2 is 1.60 bits per heavy atom. The average Bonchev–Trinajstić information content (AvgIpc) is 3.27. The first-order valence-electron chi connectivity index (χ1n) is 11.2. The quantitative estimate of drug-likeness (QED) is 0.584. The lowest BCUT2D eigenvalue weighted by Crippen LogP contribution is -2.45. The molecule has 1 fully saturated rings. The Morgan fingerprint density at radius 3 is 2.20 bits per heavy atom. The minimum Gasteiger partial charge on any atom is -0.318 e. The highest BCUT2D eigenvalue weighted by Crippen LogP contribution is 2.32. The Labute approximate surface area is 204 Å². The van der Waals surface area contributed by atoms with Gasteiger partial charge in [0.25, 0.3) is 15.6 Å². The van der Waals surface area contributed by atoms with Gasteiger partial charge in [0.1, 0.15) is 11.7 Å². The van der Waals surface area contributed by atoms with Crippen LogP contribution in [0, 0.1) is 27.7 Å². The largest absolute Gasteiger partial charge is 0.318 e. The molecule has 0 aliphatic carbocycles. The van der Waals surface area contributed by atoms with Gasteiger partial charge in [-0.15, -0.1) is 0 Å². The minimum atomic E-state index is -4.28. The molecule has 1 aliphatic rings. The van der Waals surface area contributed by atoms with Crippen molar-refractivity contribution < 1.29 is 18.0 Å². The lowest BCUT2D eigenvalue weighted by Gasteiger charge is -2.25. The van der Waals surface area contributed by atoms with Gasteiger partial charge in [0.2, 0.25) is 11.8 Å². The summed E-state index contributed by atoms with van der Waals surface area (Å²) >= 11 is 0. The summed E-state index contributed by atoms with van der Waals surface area (Å²) in [7, 11) is -2.59. The molecule has 35 heavy (non-hydrogen) atoms. The van der Waals surface area contributed by atoms with E-state index in [0.717, 1.165) is 5.56 Å². The number of para-hydroxylation sites is 1. The van der Waals surface area contributed by atoms with Crippen LogP contribution in [0.25, 0.3) is 5.69 Å². The summed E-state index contributed by atoms with van der Waals surface area (Å²) in [6.07, 6.45) is -0.0457. The molecule has 1 aromatic heterocycles. The number of nitrogens with zero attached hydrogens (tertiary/aromatic N) is 3. The fraction of sp³-hybridized carbons (Fsp3) is 0.320. The smallest absolute Gasteiger partial charge is 0.295 e. The molecule has 2 amide bonds. The molecule has 10 heteroatoms. The van der Waals surface area contributed by atoms with Crippen LogP contribution in [0.1, 0.15) is 35.2 Å². The first-order valence-corrected chi connectivity index (χ1v) is 12.7. The normalized spacial score (nSPS) is 16.1. The Morgan fingerprint density at radius 1 is 1.00 bits per heavy atom. The fourth-order valence-corrected chi connectivity index (χ4v) is 6.82. The van der Waals surface area contributed by atoms with Gasteiger partial charge in [0.15, 0.2) is 0 Å². The summed E-state index contributed by atoms with van der Waals surface area (Å²) in [6, 6.07) is 11.2. The van der Waals surface area contributed by atoms with Crippen molar-refractivity contribution in [1.29, 1.82) is 0 Å². The van der Waals surface area contributed by atoms with E-state index < -0.39 is 33.4 Å². The van der Waals surface area contributed by atoms with Crippen LogP contribution < -0.4 is 10.9 Å². The third-order valence-electron chi connectivity index (χ3n) is 6.39. The molecule has 1 atom stereocenters. The number of aromatic nitrogens is 2. The predicted molar refractivity (Wildman–Crippen MR) is 132 cm³/mol. The number of aryl methyl sites for hydroxylation is 3. The molecule has 3 aromatic rings. The SMILES string of the molecule is Cc1cc(C)c(S(=O)(=O)N2C(=O)CC[C@@H]2C(=O)Nc2c(C)n(C)n(-c3ccccc3)c2=O)c(C)c1. The summed E-state index contributed by atoms with van der Waals surface area (Å²) < 4.78 is 30.9. The van der Waals surface area contributed by atoms with E-state index in [0.29, 0.717) is 26.8 Å². The summed E-state index contributed by atoms with van der Waals surface area (Å²) in [5, 5.41) is 2.61. The van der Waals surface area contributed by atoms with Gasteiger partial charge in [-0.1, -0.05) is 35.9 Å². The maximum atomic E-state index is 13.6. The molecule has 2 heterocycles. The molecule has 184 valence electrons. The maximum Gasteiger partial charge on any atom is 0.295 e. The van der Waals surface area contributed by atoms with Crippen LogP contribution in [0.4, 0.5) is 5.69 Å². The molecule has 1 N–H and O–H groups in total. The number of sulfonamides is 1. The molecule has 1 saturated heterocycles. The Kier molecular flexibility index (Phi) is 6.18. The second kappa shape index (κ2) is 8.84. The number of carbonyl (C=O) groups is 2. The predicted octanol–water partition coefficient (Wildman–Crippen LogP) is 2.73. The Bertz CT molecular complexity index is 1480. The van der Waals surface area contributed by atoms with Crippen LogP contribution in [0.15, 0.2) is 52.2 Å². The summed E-state index contributed by atoms with van der Waals surface area (Å²) in [5.74, 6) is -1.36. The number of rotatable bonds is 5. The number of amides is 2. The molecule has 0 bridgehead atoms. The van der Waals surface area contributed by atoms with E-state index in [1.54, 1.807) is 68.9 Å². The molecule has 0 unspecified atom stereocenters. The second-order valence-electron chi connectivity index (χ2n) is 8.90. The van der Waals surface area contributed by atoms with Gasteiger partial charge in [-0.2, -0.15) is 0 Å². The van der Waals surface area contributed by atoms with E-state index in [2.05, 4.69) is 5.32 Å². The topological polar surface area (TPSA) is 110 Å². The van der Waals surface area contributed by atoms with E-state index in [1.807, 2.05) is 13.0 Å². The van der Waals surface area contributed by atoms with Crippen LogP contribution in [0.2, 0.25) is 0 Å². The minimum absolute atomic E-state index is 0.0264. The third kappa shape index (κ3) is 4.07. The van der Waals surface area contributed by atoms with E-state index >= 15 is 0 Å². The van der Waals surface area contributed by atoms with Crippen molar-refractivity contribution in [2.24, 2.45) is 7.05 Å². The molecule has 2 aromatic carbocycles. The lowest BCUT2D eigenvalue weighted by atomic mass is 10.1. The Balaban J connectivity index is 1.71. The van der Waals surface area contributed by atoms with Crippen LogP contribution in [-0.4, -0.2) is 39.9 Å². The zero-order valence-electron chi connectivity index (χ0n) is 20.3. The number of nitrogens with one attached hydrogen (secondary N) is 1. The lowest BCUT2D eigenvalue weighted by molar-refractivity contribution is -0.128. The van der Waals surface area contributed by atoms with Crippen molar-refractivity contribution in [2.75, 3.05) is 5.32 Å². The number of anilines is 1. The molecule has 0 spiro atoms. The maximum absolute atomic E-state index is 13.6. The van der Waals surface area contributed by atoms with Crippen LogP contribution in [0.5, 0.6) is 0 Å². The molecular formula is C25H28N4O5S. The number of hydrogen-bond acceptors (Lipinski definition) is 5. The van der Waals surface area contributed by atoms with Gasteiger partial charge in [-0.3, -0.25) is 19.1 Å². The van der Waals surface area contributed by atoms with Gasteiger partial charge in [0, 0.05) is 13.5 Å². The zero-order valence-corrected chi connectivity index (χ0v) is 21.1. The second-order valence-corrected chi connectivity index (χ2v) is 10.7. The van der Waals surface area contributed by atoms with E-state index in [-0.39, 0.29) is 23.4 Å². The highest BCUT2D eigenvalue weighted by molar-refractivity contribution is 7.89. The van der Waals surface area contributed by atoms with Gasteiger partial charge >= 0.3 is 0 Å². The standard InChI is InChI=1S/C25H28N4O5S/c1-15-13-16(2)23(17(3)14-15)35(33,34)29-20(11-12-21(29)30)24(31)26-22-18(4)27(5)28(25(22)32)19-9-7-6-8-10-19/h6-10,13-14,20H,11-12H2,1-5H3,(H,26,31)/t20-/m1/s1. The van der Waals surface area contributed by atoms with Gasteiger partial charge in [-0.05, 0) is 57.4 Å². The molecule has 0 radical (unpaired) electrons. The van der Waals surface area contributed by atoms with Crippen molar-refractivity contribution in [3.8, 4) is 5.69 Å². The number of hydrogen-bond donors (Lipinski definition) is 1. The number of carbonyl (C=O) groups excluding carboxylic acids is 2. The van der Waals surface area contributed by atoms with E-state index in [1.165, 1.54) is 4.68 Å². The van der Waals surface area contributed by atoms with Crippen molar-refractivity contribution in [1.82, 2.24) is 13.7 Å². The van der Waals surface area contributed by atoms with Gasteiger partial charge in [-0.25, -0.2) is 17.4 Å². The molecule has 1 aliphatic heterocycles. The average molecular weight is 497 g/mol. The first-order chi connectivity index (χ1) is 16.4.